The average Bonchev–Trinajstić information content (AvgIpc) is 3.07. The van der Waals surface area contributed by atoms with Gasteiger partial charge in [-0.15, -0.1) is 0 Å². The van der Waals surface area contributed by atoms with Crippen LogP contribution in [0.4, 0.5) is 17.5 Å². The Labute approximate surface area is 131 Å². The molecule has 1 aliphatic heterocycles. The number of rotatable bonds is 3. The number of nitrogens with one attached hydrogen (secondary N) is 1. The molecular weight excluding hydrogens is 272 g/mol. The first-order chi connectivity index (χ1) is 10.9. The van der Waals surface area contributed by atoms with Gasteiger partial charge in [0.15, 0.2) is 0 Å². The Morgan fingerprint density at radius 1 is 1.05 bits per heavy atom. The maximum absolute atomic E-state index is 4.76. The van der Waals surface area contributed by atoms with Gasteiger partial charge in [-0.25, -0.2) is 4.98 Å². The summed E-state index contributed by atoms with van der Waals surface area (Å²) in [6.07, 6.45) is 9.31. The molecular formula is C18H22N4. The molecule has 0 unspecified atom stereocenters. The minimum atomic E-state index is 0.545. The number of benzene rings is 1. The van der Waals surface area contributed by atoms with Gasteiger partial charge >= 0.3 is 0 Å². The van der Waals surface area contributed by atoms with Gasteiger partial charge < -0.3 is 10.2 Å². The smallest absolute Gasteiger partial charge is 0.224 e. The van der Waals surface area contributed by atoms with E-state index in [1.54, 1.807) is 0 Å². The van der Waals surface area contributed by atoms with Crippen molar-refractivity contribution in [2.75, 3.05) is 16.8 Å². The summed E-state index contributed by atoms with van der Waals surface area (Å²) in [6.45, 7) is 1.02. The van der Waals surface area contributed by atoms with Gasteiger partial charge in [0.05, 0.1) is 0 Å². The highest BCUT2D eigenvalue weighted by Gasteiger charge is 2.20. The van der Waals surface area contributed by atoms with E-state index in [4.69, 9.17) is 4.98 Å². The van der Waals surface area contributed by atoms with Crippen LogP contribution in [-0.4, -0.2) is 22.6 Å². The Hall–Kier alpha value is -2.10. The summed E-state index contributed by atoms with van der Waals surface area (Å²) in [4.78, 5) is 11.5. The fraction of sp³-hybridized carbons (Fsp3) is 0.444. The summed E-state index contributed by atoms with van der Waals surface area (Å²) in [7, 11) is 0. The van der Waals surface area contributed by atoms with Crippen LogP contribution in [0.15, 0.2) is 36.5 Å². The van der Waals surface area contributed by atoms with Crippen LogP contribution in [-0.2, 0) is 6.42 Å². The molecule has 0 atom stereocenters. The first kappa shape index (κ1) is 13.6. The van der Waals surface area contributed by atoms with Gasteiger partial charge in [0.25, 0.3) is 0 Å². The lowest BCUT2D eigenvalue weighted by Gasteiger charge is -2.30. The van der Waals surface area contributed by atoms with Crippen LogP contribution in [0.25, 0.3) is 0 Å². The molecule has 0 bridgehead atoms. The van der Waals surface area contributed by atoms with Crippen molar-refractivity contribution in [3.8, 4) is 0 Å². The number of nitrogens with zero attached hydrogens (tertiary/aromatic N) is 3. The Morgan fingerprint density at radius 2 is 1.91 bits per heavy atom. The predicted octanol–water partition coefficient (Wildman–Crippen LogP) is 3.92. The molecule has 114 valence electrons. The maximum Gasteiger partial charge on any atom is 0.224 e. The number of anilines is 3. The number of aromatic nitrogens is 2. The van der Waals surface area contributed by atoms with Crippen molar-refractivity contribution in [3.63, 3.8) is 0 Å². The highest BCUT2D eigenvalue weighted by molar-refractivity contribution is 5.65. The molecule has 0 radical (unpaired) electrons. The van der Waals surface area contributed by atoms with E-state index in [9.17, 15) is 0 Å². The van der Waals surface area contributed by atoms with E-state index in [0.717, 1.165) is 24.7 Å². The van der Waals surface area contributed by atoms with Crippen LogP contribution in [0, 0.1) is 0 Å². The van der Waals surface area contributed by atoms with Crippen molar-refractivity contribution in [2.45, 2.75) is 44.6 Å². The molecule has 1 aliphatic carbocycles. The normalized spacial score (nSPS) is 18.3. The van der Waals surface area contributed by atoms with Gasteiger partial charge in [0.1, 0.15) is 5.82 Å². The summed E-state index contributed by atoms with van der Waals surface area (Å²) in [6, 6.07) is 11.2. The standard InChI is InChI=1S/C18H22N4/c1-4-10-16-14(6-1)7-5-13-22(16)17-11-12-19-18(21-17)20-15-8-2-3-9-15/h1,4,6,10-12,15H,2-3,5,7-9,13H2,(H,19,20,21). The summed E-state index contributed by atoms with van der Waals surface area (Å²) >= 11 is 0. The van der Waals surface area contributed by atoms with E-state index in [1.165, 1.54) is 43.4 Å². The summed E-state index contributed by atoms with van der Waals surface area (Å²) < 4.78 is 0. The monoisotopic (exact) mass is 294 g/mol. The van der Waals surface area contributed by atoms with Crippen molar-refractivity contribution in [1.29, 1.82) is 0 Å². The molecule has 1 fully saturated rings. The lowest BCUT2D eigenvalue weighted by molar-refractivity contribution is 0.737. The molecule has 4 rings (SSSR count). The van der Waals surface area contributed by atoms with Gasteiger partial charge in [-0.3, -0.25) is 0 Å². The quantitative estimate of drug-likeness (QED) is 0.931. The molecule has 4 heteroatoms. The predicted molar refractivity (Wildman–Crippen MR) is 89.7 cm³/mol. The van der Waals surface area contributed by atoms with Crippen LogP contribution in [0.2, 0.25) is 0 Å². The van der Waals surface area contributed by atoms with Crippen LogP contribution < -0.4 is 10.2 Å². The second-order valence-corrected chi connectivity index (χ2v) is 6.25. The largest absolute Gasteiger partial charge is 0.351 e. The van der Waals surface area contributed by atoms with E-state index in [1.807, 2.05) is 12.3 Å². The van der Waals surface area contributed by atoms with Crippen LogP contribution in [0.3, 0.4) is 0 Å². The SMILES string of the molecule is c1ccc2c(c1)CCCN2c1ccnc(NC2CCCC2)n1. The molecule has 4 nitrogen and oxygen atoms in total. The fourth-order valence-corrected chi connectivity index (χ4v) is 3.59. The lowest BCUT2D eigenvalue weighted by atomic mass is 10.0. The fourth-order valence-electron chi connectivity index (χ4n) is 3.59. The molecule has 2 aliphatic rings. The lowest BCUT2D eigenvalue weighted by Crippen LogP contribution is -2.26. The van der Waals surface area contributed by atoms with E-state index >= 15 is 0 Å². The molecule has 1 aromatic carbocycles. The molecule has 0 spiro atoms. The van der Waals surface area contributed by atoms with Crippen molar-refractivity contribution < 1.29 is 0 Å². The van der Waals surface area contributed by atoms with Crippen molar-refractivity contribution in [1.82, 2.24) is 9.97 Å². The highest BCUT2D eigenvalue weighted by Crippen LogP contribution is 2.32. The zero-order valence-corrected chi connectivity index (χ0v) is 12.8. The number of hydrogen-bond acceptors (Lipinski definition) is 4. The summed E-state index contributed by atoms with van der Waals surface area (Å²) in [5, 5.41) is 3.50. The zero-order chi connectivity index (χ0) is 14.8. The van der Waals surface area contributed by atoms with E-state index in [0.29, 0.717) is 6.04 Å². The van der Waals surface area contributed by atoms with Gasteiger partial charge in [0.2, 0.25) is 5.95 Å². The van der Waals surface area contributed by atoms with Gasteiger partial charge in [-0.1, -0.05) is 31.0 Å². The minimum absolute atomic E-state index is 0.545. The number of hydrogen-bond donors (Lipinski definition) is 1. The second kappa shape index (κ2) is 5.95. The Balaban J connectivity index is 1.60. The second-order valence-electron chi connectivity index (χ2n) is 6.25. The van der Waals surface area contributed by atoms with Crippen LogP contribution >= 0.6 is 0 Å². The van der Waals surface area contributed by atoms with Crippen LogP contribution in [0.1, 0.15) is 37.7 Å². The number of aryl methyl sites for hydroxylation is 1. The maximum atomic E-state index is 4.76. The molecule has 2 heterocycles. The Morgan fingerprint density at radius 3 is 2.82 bits per heavy atom. The van der Waals surface area contributed by atoms with Crippen molar-refractivity contribution in [3.05, 3.63) is 42.1 Å². The molecule has 1 N–H and O–H groups in total. The van der Waals surface area contributed by atoms with Gasteiger partial charge in [-0.2, -0.15) is 4.98 Å². The highest BCUT2D eigenvalue weighted by atomic mass is 15.2. The van der Waals surface area contributed by atoms with E-state index < -0.39 is 0 Å². The molecule has 0 amide bonds. The minimum Gasteiger partial charge on any atom is -0.351 e. The molecule has 2 aromatic rings. The van der Waals surface area contributed by atoms with E-state index in [2.05, 4.69) is 39.5 Å². The molecule has 1 saturated carbocycles. The first-order valence-electron chi connectivity index (χ1n) is 8.35. The van der Waals surface area contributed by atoms with Gasteiger partial charge in [-0.05, 0) is 43.4 Å². The molecule has 0 saturated heterocycles. The topological polar surface area (TPSA) is 41.1 Å². The molecule has 22 heavy (non-hydrogen) atoms. The first-order valence-corrected chi connectivity index (χ1v) is 8.35. The summed E-state index contributed by atoms with van der Waals surface area (Å²) in [5.41, 5.74) is 2.71. The molecule has 1 aromatic heterocycles. The third-order valence-corrected chi connectivity index (χ3v) is 4.72. The van der Waals surface area contributed by atoms with Crippen molar-refractivity contribution >= 4 is 17.5 Å². The Kier molecular flexibility index (Phi) is 3.67. The summed E-state index contributed by atoms with van der Waals surface area (Å²) in [5.74, 6) is 1.77. The van der Waals surface area contributed by atoms with Gasteiger partial charge in [0, 0.05) is 24.5 Å². The number of para-hydroxylation sites is 1. The third-order valence-electron chi connectivity index (χ3n) is 4.72. The van der Waals surface area contributed by atoms with Crippen LogP contribution in [0.5, 0.6) is 0 Å². The number of fused-ring (bicyclic) bond motifs is 1. The average molecular weight is 294 g/mol. The third kappa shape index (κ3) is 2.65. The zero-order valence-electron chi connectivity index (χ0n) is 12.8. The van der Waals surface area contributed by atoms with E-state index in [-0.39, 0.29) is 0 Å². The Bertz CT molecular complexity index is 649. The van der Waals surface area contributed by atoms with Crippen molar-refractivity contribution in [2.24, 2.45) is 0 Å².